The van der Waals surface area contributed by atoms with Crippen molar-refractivity contribution in [3.05, 3.63) is 33.1 Å². The highest BCUT2D eigenvalue weighted by atomic mass is 32.5. The smallest absolute Gasteiger partial charge is 0.353 e. The Balaban J connectivity index is 2.38. The van der Waals surface area contributed by atoms with E-state index in [2.05, 4.69) is 9.51 Å². The van der Waals surface area contributed by atoms with Crippen molar-refractivity contribution in [3.8, 4) is 0 Å². The molecular formula is C12H20N2O11P2S. The molecule has 3 N–H and O–H groups in total. The van der Waals surface area contributed by atoms with Gasteiger partial charge in [-0.05, 0) is 11.8 Å². The molecule has 1 saturated heterocycles. The summed E-state index contributed by atoms with van der Waals surface area (Å²) in [5, 5.41) is 0. The molecule has 160 valence electrons. The third-order valence-corrected chi connectivity index (χ3v) is 6.44. The van der Waals surface area contributed by atoms with Gasteiger partial charge in [0.15, 0.2) is 18.9 Å². The summed E-state index contributed by atoms with van der Waals surface area (Å²) in [5.41, 5.74) is -1.43. The molecule has 0 amide bonds. The third-order valence-electron chi connectivity index (χ3n) is 3.72. The number of aromatic amines is 1. The lowest BCUT2D eigenvalue weighted by molar-refractivity contribution is -0.166. The Morgan fingerprint density at radius 2 is 1.93 bits per heavy atom. The molecule has 0 spiro atoms. The van der Waals surface area contributed by atoms with Gasteiger partial charge in [-0.25, -0.2) is 4.79 Å². The van der Waals surface area contributed by atoms with Gasteiger partial charge in [0, 0.05) is 33.6 Å². The predicted octanol–water partition coefficient (Wildman–Crippen LogP) is -0.539. The molecule has 28 heavy (non-hydrogen) atoms. The molecule has 1 aromatic rings. The molecule has 0 saturated carbocycles. The van der Waals surface area contributed by atoms with Gasteiger partial charge in [-0.2, -0.15) is 0 Å². The third kappa shape index (κ3) is 5.65. The van der Waals surface area contributed by atoms with Crippen LogP contribution >= 0.6 is 14.3 Å². The molecule has 16 heteroatoms. The average Bonchev–Trinajstić information content (AvgIpc) is 2.96. The number of hydrogen-bond donors (Lipinski definition) is 3. The topological polar surface area (TPSA) is 168 Å². The lowest BCUT2D eigenvalue weighted by Crippen LogP contribution is -2.39. The van der Waals surface area contributed by atoms with Crippen LogP contribution in [0.25, 0.3) is 0 Å². The van der Waals surface area contributed by atoms with Gasteiger partial charge in [0.1, 0.15) is 12.2 Å². The summed E-state index contributed by atoms with van der Waals surface area (Å²) in [6.07, 6.45) is -4.51. The van der Waals surface area contributed by atoms with E-state index < -0.39 is 56.6 Å². The molecule has 2 rings (SSSR count). The van der Waals surface area contributed by atoms with Crippen molar-refractivity contribution in [1.82, 2.24) is 9.55 Å². The van der Waals surface area contributed by atoms with E-state index in [-0.39, 0.29) is 0 Å². The monoisotopic (exact) mass is 462 g/mol. The maximum absolute atomic E-state index is 12.1. The molecule has 13 nitrogen and oxygen atoms in total. The molecule has 1 fully saturated rings. The van der Waals surface area contributed by atoms with E-state index in [1.54, 1.807) is 0 Å². The summed E-state index contributed by atoms with van der Waals surface area (Å²) < 4.78 is 43.4. The second-order valence-corrected chi connectivity index (χ2v) is 10.2. The van der Waals surface area contributed by atoms with Gasteiger partial charge in [0.25, 0.3) is 5.56 Å². The first-order chi connectivity index (χ1) is 13.0. The van der Waals surface area contributed by atoms with E-state index in [9.17, 15) is 23.9 Å². The SMILES string of the molecule is CO[C@@H]1[C@H](OP(O)(=S)OC)[C@@H](OCP(=O)(O)OC)O[C@H]1n1ccc(=O)[nH]c1=O. The predicted molar refractivity (Wildman–Crippen MR) is 97.2 cm³/mol. The normalized spacial score (nSPS) is 29.3. The number of rotatable bonds is 9. The molecule has 0 aromatic carbocycles. The lowest BCUT2D eigenvalue weighted by atomic mass is 10.2. The highest BCUT2D eigenvalue weighted by Crippen LogP contribution is 2.49. The Hall–Kier alpha value is -0.760. The van der Waals surface area contributed by atoms with Crippen molar-refractivity contribution in [2.75, 3.05) is 27.7 Å². The fourth-order valence-electron chi connectivity index (χ4n) is 2.37. The number of nitrogens with zero attached hydrogens (tertiary/aromatic N) is 1. The van der Waals surface area contributed by atoms with Crippen molar-refractivity contribution in [2.45, 2.75) is 24.7 Å². The number of hydrogen-bond acceptors (Lipinski definition) is 10. The fourth-order valence-corrected chi connectivity index (χ4v) is 3.72. The number of methoxy groups -OCH3 is 1. The Morgan fingerprint density at radius 1 is 1.25 bits per heavy atom. The van der Waals surface area contributed by atoms with Crippen LogP contribution in [0.2, 0.25) is 0 Å². The summed E-state index contributed by atoms with van der Waals surface area (Å²) in [6.45, 7) is -3.73. The van der Waals surface area contributed by atoms with E-state index >= 15 is 0 Å². The maximum atomic E-state index is 12.1. The van der Waals surface area contributed by atoms with Crippen molar-refractivity contribution in [2.24, 2.45) is 0 Å². The average molecular weight is 462 g/mol. The van der Waals surface area contributed by atoms with E-state index in [1.165, 1.54) is 7.11 Å². The molecule has 2 unspecified atom stereocenters. The van der Waals surface area contributed by atoms with Gasteiger partial charge in [-0.3, -0.25) is 23.4 Å². The van der Waals surface area contributed by atoms with Crippen LogP contribution in [0.15, 0.2) is 21.9 Å². The van der Waals surface area contributed by atoms with Crippen LogP contribution in [0.1, 0.15) is 6.23 Å². The number of H-pyrrole nitrogens is 1. The summed E-state index contributed by atoms with van der Waals surface area (Å²) in [6, 6.07) is 1.08. The first kappa shape index (κ1) is 23.5. The highest BCUT2D eigenvalue weighted by molar-refractivity contribution is 8.07. The van der Waals surface area contributed by atoms with Gasteiger partial charge in [-0.15, -0.1) is 0 Å². The standard InChI is InChI=1S/C12H20N2O11P2S/c1-20-8-9(25-27(19,28)22-3)11(23-6-26(17,18)21-2)24-10(8)14-5-4-7(15)13-12(14)16/h4-5,8-11H,6H2,1-3H3,(H,17,18)(H,19,28)(H,13,15,16)/t8-,9+,10-,11+,27?/m1/s1. The molecule has 0 radical (unpaired) electrons. The summed E-state index contributed by atoms with van der Waals surface area (Å²) >= 11 is 4.82. The molecule has 2 heterocycles. The van der Waals surface area contributed by atoms with E-state index in [4.69, 9.17) is 35.1 Å². The van der Waals surface area contributed by atoms with Gasteiger partial charge in [0.05, 0.1) is 0 Å². The zero-order valence-corrected chi connectivity index (χ0v) is 17.6. The van der Waals surface area contributed by atoms with Gasteiger partial charge in [-0.1, -0.05) is 0 Å². The minimum absolute atomic E-state index is 0.625. The molecule has 1 aliphatic heterocycles. The Bertz CT molecular complexity index is 889. The van der Waals surface area contributed by atoms with Crippen LogP contribution in [0.4, 0.5) is 0 Å². The van der Waals surface area contributed by atoms with Gasteiger partial charge < -0.3 is 33.0 Å². The quantitative estimate of drug-likeness (QED) is 0.402. The highest BCUT2D eigenvalue weighted by Gasteiger charge is 2.50. The summed E-state index contributed by atoms with van der Waals surface area (Å²) in [5.74, 6) is 0. The number of nitrogens with one attached hydrogen (secondary N) is 1. The zero-order chi connectivity index (χ0) is 21.1. The molecule has 1 aromatic heterocycles. The number of ether oxygens (including phenoxy) is 3. The molecule has 0 aliphatic carbocycles. The largest absolute Gasteiger partial charge is 0.374 e. The second-order valence-electron chi connectivity index (χ2n) is 5.45. The van der Waals surface area contributed by atoms with Crippen LogP contribution in [-0.2, 0) is 44.2 Å². The van der Waals surface area contributed by atoms with Crippen LogP contribution in [0.3, 0.4) is 0 Å². The van der Waals surface area contributed by atoms with Crippen molar-refractivity contribution in [1.29, 1.82) is 0 Å². The van der Waals surface area contributed by atoms with Crippen molar-refractivity contribution >= 4 is 26.1 Å². The minimum Gasteiger partial charge on any atom is -0.374 e. The Morgan fingerprint density at radius 3 is 2.46 bits per heavy atom. The summed E-state index contributed by atoms with van der Waals surface area (Å²) in [7, 11) is -0.647. The summed E-state index contributed by atoms with van der Waals surface area (Å²) in [4.78, 5) is 45.0. The Kier molecular flexibility index (Phi) is 7.87. The first-order valence-electron chi connectivity index (χ1n) is 7.59. The second kappa shape index (κ2) is 9.37. The van der Waals surface area contributed by atoms with Crippen molar-refractivity contribution < 1.29 is 42.1 Å². The fraction of sp³-hybridized carbons (Fsp3) is 0.667. The van der Waals surface area contributed by atoms with Crippen molar-refractivity contribution in [3.63, 3.8) is 0 Å². The lowest BCUT2D eigenvalue weighted by Gasteiger charge is -2.26. The van der Waals surface area contributed by atoms with Crippen LogP contribution in [-0.4, -0.2) is 65.5 Å². The Labute approximate surface area is 163 Å². The van der Waals surface area contributed by atoms with E-state index in [1.807, 2.05) is 0 Å². The molecule has 0 bridgehead atoms. The first-order valence-corrected chi connectivity index (χ1v) is 11.9. The van der Waals surface area contributed by atoms with Gasteiger partial charge >= 0.3 is 20.0 Å². The molecule has 1 aliphatic rings. The van der Waals surface area contributed by atoms with E-state index in [0.717, 1.165) is 31.0 Å². The molecular weight excluding hydrogens is 442 g/mol. The van der Waals surface area contributed by atoms with Crippen LogP contribution in [0, 0.1) is 0 Å². The van der Waals surface area contributed by atoms with Gasteiger partial charge in [0.2, 0.25) is 0 Å². The van der Waals surface area contributed by atoms with Crippen LogP contribution < -0.4 is 11.2 Å². The van der Waals surface area contributed by atoms with Crippen LogP contribution in [0.5, 0.6) is 0 Å². The number of aromatic nitrogens is 2. The minimum atomic E-state index is -4.07. The molecule has 6 atom stereocenters. The maximum Gasteiger partial charge on any atom is 0.353 e. The van der Waals surface area contributed by atoms with E-state index in [0.29, 0.717) is 0 Å². The zero-order valence-electron chi connectivity index (χ0n) is 15.0.